The Morgan fingerprint density at radius 3 is 2.89 bits per heavy atom. The summed E-state index contributed by atoms with van der Waals surface area (Å²) < 4.78 is 0. The summed E-state index contributed by atoms with van der Waals surface area (Å²) in [5.41, 5.74) is 9.42. The van der Waals surface area contributed by atoms with Crippen LogP contribution in [0.5, 0.6) is 0 Å². The van der Waals surface area contributed by atoms with Gasteiger partial charge >= 0.3 is 0 Å². The van der Waals surface area contributed by atoms with Crippen molar-refractivity contribution in [3.63, 3.8) is 0 Å². The van der Waals surface area contributed by atoms with Crippen LogP contribution in [0.4, 0.5) is 5.69 Å². The highest BCUT2D eigenvalue weighted by atomic mass is 16.3. The Hall–Kier alpha value is -1.95. The lowest BCUT2D eigenvalue weighted by Crippen LogP contribution is -1.93. The van der Waals surface area contributed by atoms with Gasteiger partial charge in [-0.25, -0.2) is 0 Å². The zero-order chi connectivity index (χ0) is 13.2. The number of aliphatic hydroxyl groups is 1. The largest absolute Gasteiger partial charge is 0.376 e. The van der Waals surface area contributed by atoms with Crippen molar-refractivity contribution >= 4 is 5.69 Å². The number of hydrogen-bond acceptors (Lipinski definition) is 2. The van der Waals surface area contributed by atoms with Gasteiger partial charge in [-0.05, 0) is 12.0 Å². The van der Waals surface area contributed by atoms with Crippen molar-refractivity contribution < 1.29 is 5.11 Å². The molecule has 0 spiro atoms. The number of azide groups is 1. The molecule has 0 radical (unpaired) electrons. The number of aliphatic hydroxyl groups excluding tert-OH is 1. The maximum Gasteiger partial charge on any atom is 0.140 e. The van der Waals surface area contributed by atoms with Crippen LogP contribution in [0.2, 0.25) is 0 Å². The molecule has 0 aromatic heterocycles. The molecular weight excluding hydrogens is 226 g/mol. The first-order valence-electron chi connectivity index (χ1n) is 6.10. The summed E-state index contributed by atoms with van der Waals surface area (Å²) in [7, 11) is 0. The summed E-state index contributed by atoms with van der Waals surface area (Å²) >= 11 is 0. The molecule has 0 heterocycles. The van der Waals surface area contributed by atoms with Crippen molar-refractivity contribution in [3.05, 3.63) is 40.3 Å². The van der Waals surface area contributed by atoms with Crippen LogP contribution in [-0.2, 0) is 0 Å². The highest BCUT2D eigenvalue weighted by molar-refractivity contribution is 5.48. The Balaban J connectivity index is 2.71. The molecule has 1 aromatic carbocycles. The summed E-state index contributed by atoms with van der Waals surface area (Å²) in [6, 6.07) is 6.93. The van der Waals surface area contributed by atoms with Crippen molar-refractivity contribution in [2.45, 2.75) is 38.7 Å². The minimum atomic E-state index is -0.895. The van der Waals surface area contributed by atoms with Gasteiger partial charge in [-0.1, -0.05) is 55.1 Å². The van der Waals surface area contributed by atoms with Crippen LogP contribution in [0.15, 0.2) is 29.4 Å². The lowest BCUT2D eigenvalue weighted by atomic mass is 10.1. The molecule has 1 aromatic rings. The van der Waals surface area contributed by atoms with Gasteiger partial charge in [0.2, 0.25) is 0 Å². The van der Waals surface area contributed by atoms with E-state index in [4.69, 9.17) is 5.53 Å². The monoisotopic (exact) mass is 243 g/mol. The topological polar surface area (TPSA) is 69.0 Å². The molecule has 0 amide bonds. The van der Waals surface area contributed by atoms with Crippen molar-refractivity contribution in [1.82, 2.24) is 0 Å². The fourth-order valence-electron chi connectivity index (χ4n) is 1.57. The molecule has 0 bridgehead atoms. The van der Waals surface area contributed by atoms with E-state index in [1.807, 2.05) is 0 Å². The van der Waals surface area contributed by atoms with E-state index in [1.165, 1.54) is 0 Å². The standard InChI is InChI=1S/C14H17N3O/c1-2-3-4-5-6-11-14(18)12-9-7-8-10-13(12)16-17-15/h7-10,14,18H,2-5H2,1H3. The van der Waals surface area contributed by atoms with Crippen molar-refractivity contribution in [2.75, 3.05) is 0 Å². The molecule has 1 rings (SSSR count). The van der Waals surface area contributed by atoms with Gasteiger partial charge in [0.05, 0.1) is 0 Å². The smallest absolute Gasteiger partial charge is 0.140 e. The van der Waals surface area contributed by atoms with Gasteiger partial charge in [-0.2, -0.15) is 0 Å². The Bertz CT molecular complexity index is 481. The fraction of sp³-hybridized carbons (Fsp3) is 0.429. The third-order valence-electron chi connectivity index (χ3n) is 2.53. The first-order valence-corrected chi connectivity index (χ1v) is 6.10. The predicted molar refractivity (Wildman–Crippen MR) is 72.1 cm³/mol. The van der Waals surface area contributed by atoms with Gasteiger partial charge in [0.25, 0.3) is 0 Å². The molecular formula is C14H17N3O. The van der Waals surface area contributed by atoms with Crippen LogP contribution in [0.25, 0.3) is 10.4 Å². The zero-order valence-electron chi connectivity index (χ0n) is 10.5. The summed E-state index contributed by atoms with van der Waals surface area (Å²) in [6.07, 6.45) is 3.25. The average Bonchev–Trinajstić information content (AvgIpc) is 2.39. The fourth-order valence-corrected chi connectivity index (χ4v) is 1.57. The van der Waals surface area contributed by atoms with Crippen LogP contribution >= 0.6 is 0 Å². The van der Waals surface area contributed by atoms with Gasteiger partial charge in [0.15, 0.2) is 0 Å². The molecule has 94 valence electrons. The number of benzene rings is 1. The first-order chi connectivity index (χ1) is 8.79. The Kier molecular flexibility index (Phi) is 6.42. The molecule has 1 unspecified atom stereocenters. The van der Waals surface area contributed by atoms with E-state index in [1.54, 1.807) is 24.3 Å². The van der Waals surface area contributed by atoms with Crippen LogP contribution in [0.3, 0.4) is 0 Å². The van der Waals surface area contributed by atoms with Crippen molar-refractivity contribution in [1.29, 1.82) is 0 Å². The summed E-state index contributed by atoms with van der Waals surface area (Å²) in [5.74, 6) is 5.73. The minimum Gasteiger partial charge on any atom is -0.376 e. The second kappa shape index (κ2) is 8.19. The lowest BCUT2D eigenvalue weighted by molar-refractivity contribution is 0.239. The average molecular weight is 243 g/mol. The minimum absolute atomic E-state index is 0.426. The molecule has 1 N–H and O–H groups in total. The first kappa shape index (κ1) is 14.1. The van der Waals surface area contributed by atoms with Crippen LogP contribution < -0.4 is 0 Å². The summed E-state index contributed by atoms with van der Waals surface area (Å²) in [4.78, 5) is 2.74. The van der Waals surface area contributed by atoms with E-state index in [-0.39, 0.29) is 0 Å². The Morgan fingerprint density at radius 2 is 2.17 bits per heavy atom. The Labute approximate surface area is 107 Å². The Morgan fingerprint density at radius 1 is 1.39 bits per heavy atom. The van der Waals surface area contributed by atoms with Crippen LogP contribution in [-0.4, -0.2) is 5.11 Å². The van der Waals surface area contributed by atoms with Gasteiger partial charge in [-0.3, -0.25) is 0 Å². The number of unbranched alkanes of at least 4 members (excludes halogenated alkanes) is 3. The van der Waals surface area contributed by atoms with E-state index in [0.29, 0.717) is 11.3 Å². The molecule has 0 fully saturated rings. The predicted octanol–water partition coefficient (Wildman–Crippen LogP) is 4.25. The zero-order valence-corrected chi connectivity index (χ0v) is 10.5. The second-order valence-corrected chi connectivity index (χ2v) is 3.93. The van der Waals surface area contributed by atoms with E-state index >= 15 is 0 Å². The van der Waals surface area contributed by atoms with E-state index in [0.717, 1.165) is 25.7 Å². The number of nitrogens with zero attached hydrogens (tertiary/aromatic N) is 3. The van der Waals surface area contributed by atoms with Crippen LogP contribution in [0.1, 0.15) is 44.3 Å². The van der Waals surface area contributed by atoms with Crippen molar-refractivity contribution in [3.8, 4) is 11.8 Å². The van der Waals surface area contributed by atoms with E-state index in [9.17, 15) is 5.11 Å². The van der Waals surface area contributed by atoms with Gasteiger partial charge in [0.1, 0.15) is 6.10 Å². The number of rotatable bonds is 5. The molecule has 0 aliphatic rings. The third-order valence-corrected chi connectivity index (χ3v) is 2.53. The normalized spacial score (nSPS) is 11.0. The summed E-state index contributed by atoms with van der Waals surface area (Å²) in [6.45, 7) is 2.14. The highest BCUT2D eigenvalue weighted by Crippen LogP contribution is 2.25. The summed E-state index contributed by atoms with van der Waals surface area (Å²) in [5, 5.41) is 13.5. The molecule has 4 nitrogen and oxygen atoms in total. The third kappa shape index (κ3) is 4.50. The molecule has 0 saturated heterocycles. The van der Waals surface area contributed by atoms with Gasteiger partial charge < -0.3 is 5.11 Å². The molecule has 1 atom stereocenters. The maximum absolute atomic E-state index is 9.93. The molecule has 18 heavy (non-hydrogen) atoms. The van der Waals surface area contributed by atoms with Gasteiger partial charge in [-0.15, -0.1) is 5.92 Å². The quantitative estimate of drug-likeness (QED) is 0.271. The molecule has 0 aliphatic carbocycles. The van der Waals surface area contributed by atoms with E-state index in [2.05, 4.69) is 28.8 Å². The maximum atomic E-state index is 9.93. The van der Waals surface area contributed by atoms with Crippen molar-refractivity contribution in [2.24, 2.45) is 5.11 Å². The molecule has 4 heteroatoms. The SMILES string of the molecule is CCCCCC#CC(O)c1ccccc1N=[N+]=[N-]. The van der Waals surface area contributed by atoms with Gasteiger partial charge in [0, 0.05) is 22.6 Å². The lowest BCUT2D eigenvalue weighted by Gasteiger charge is -2.06. The second-order valence-electron chi connectivity index (χ2n) is 3.93. The molecule has 0 aliphatic heterocycles. The molecule has 0 saturated carbocycles. The highest BCUT2D eigenvalue weighted by Gasteiger charge is 2.07. The van der Waals surface area contributed by atoms with Crippen LogP contribution in [0, 0.1) is 11.8 Å². The number of hydrogen-bond donors (Lipinski definition) is 1. The van der Waals surface area contributed by atoms with E-state index < -0.39 is 6.10 Å².